The lowest BCUT2D eigenvalue weighted by molar-refractivity contribution is 0.00578. The number of benzene rings is 2. The monoisotopic (exact) mass is 576 g/mol. The van der Waals surface area contributed by atoms with Crippen LogP contribution in [0.1, 0.15) is 79.6 Å². The number of hydrogen-bond acceptors (Lipinski definition) is 7. The minimum absolute atomic E-state index is 0.328. The molecule has 2 fully saturated rings. The third-order valence-corrected chi connectivity index (χ3v) is 7.95. The molecular weight excluding hydrogens is 538 g/mol. The van der Waals surface area contributed by atoms with Crippen LogP contribution in [0.2, 0.25) is 0 Å². The van der Waals surface area contributed by atoms with Gasteiger partial charge in [0, 0.05) is 9.86 Å². The summed E-state index contributed by atoms with van der Waals surface area (Å²) in [6.07, 6.45) is 0. The maximum absolute atomic E-state index is 11.8. The van der Waals surface area contributed by atoms with E-state index in [-0.39, 0.29) is 28.4 Å². The van der Waals surface area contributed by atoms with Gasteiger partial charge in [-0.15, -0.1) is 0 Å². The van der Waals surface area contributed by atoms with Crippen molar-refractivity contribution in [3.8, 4) is 5.75 Å². The molecule has 2 aliphatic rings. The maximum atomic E-state index is 11.8. The summed E-state index contributed by atoms with van der Waals surface area (Å²) in [6, 6.07) is 9.44. The molecule has 0 unspecified atom stereocenters. The van der Waals surface area contributed by atoms with Gasteiger partial charge in [0.15, 0.2) is 0 Å². The van der Waals surface area contributed by atoms with E-state index in [4.69, 9.17) is 28.1 Å². The van der Waals surface area contributed by atoms with Crippen LogP contribution in [0.3, 0.4) is 0 Å². The molecule has 2 aliphatic heterocycles. The highest BCUT2D eigenvalue weighted by molar-refractivity contribution is 9.10. The fourth-order valence-electron chi connectivity index (χ4n) is 3.91. The lowest BCUT2D eigenvalue weighted by atomic mass is 9.49. The second-order valence-electron chi connectivity index (χ2n) is 11.2. The Balaban J connectivity index is 0.000000206. The highest BCUT2D eigenvalue weighted by Crippen LogP contribution is 2.43. The van der Waals surface area contributed by atoms with Gasteiger partial charge < -0.3 is 28.1 Å². The molecule has 0 aliphatic carbocycles. The van der Waals surface area contributed by atoms with Crippen LogP contribution in [0, 0.1) is 0 Å². The van der Waals surface area contributed by atoms with Gasteiger partial charge in [-0.1, -0.05) is 15.9 Å². The summed E-state index contributed by atoms with van der Waals surface area (Å²) < 4.78 is 35.5. The predicted molar refractivity (Wildman–Crippen MR) is 151 cm³/mol. The molecule has 0 bridgehead atoms. The maximum Gasteiger partial charge on any atom is 0.488 e. The second kappa shape index (κ2) is 10.9. The molecule has 202 valence electrons. The van der Waals surface area contributed by atoms with E-state index in [0.29, 0.717) is 24.5 Å². The molecule has 37 heavy (non-hydrogen) atoms. The van der Waals surface area contributed by atoms with Gasteiger partial charge in [0.2, 0.25) is 0 Å². The smallest absolute Gasteiger partial charge is 0.488 e. The Bertz CT molecular complexity index is 1070. The molecule has 0 atom stereocenters. The number of halogens is 1. The van der Waals surface area contributed by atoms with Gasteiger partial charge in [-0.05, 0) is 105 Å². The highest BCUT2D eigenvalue weighted by atomic mass is 79.9. The third-order valence-electron chi connectivity index (χ3n) is 7.45. The molecule has 10 heteroatoms. The zero-order valence-electron chi connectivity index (χ0n) is 23.7. The number of carbonyl (C=O) groups is 1. The zero-order chi connectivity index (χ0) is 27.8. The number of esters is 1. The van der Waals surface area contributed by atoms with Gasteiger partial charge in [-0.25, -0.2) is 4.79 Å². The molecule has 7 nitrogen and oxygen atoms in total. The molecule has 0 aromatic heterocycles. The Kier molecular flexibility index (Phi) is 8.82. The number of hydrogen-bond donors (Lipinski definition) is 0. The Labute approximate surface area is 230 Å². The molecule has 4 rings (SSSR count). The van der Waals surface area contributed by atoms with Gasteiger partial charge >= 0.3 is 20.0 Å². The SMILES string of the molecule is CC1(C)OB(B2OC(C)(C)C(C)(C)O2)OC1(C)C.CCOC(=O)c1cc(OCC)c2ccc(Br)cc2c1. The average Bonchev–Trinajstić information content (AvgIpc) is 3.13. The molecule has 2 heterocycles. The summed E-state index contributed by atoms with van der Waals surface area (Å²) >= 11 is 3.43. The third kappa shape index (κ3) is 6.36. The van der Waals surface area contributed by atoms with Crippen LogP contribution in [0.25, 0.3) is 10.8 Å². The van der Waals surface area contributed by atoms with Crippen LogP contribution in [-0.4, -0.2) is 55.6 Å². The number of carbonyl (C=O) groups excluding carboxylic acids is 1. The Morgan fingerprint density at radius 3 is 1.70 bits per heavy atom. The number of fused-ring (bicyclic) bond motifs is 1. The fourth-order valence-corrected chi connectivity index (χ4v) is 4.29. The van der Waals surface area contributed by atoms with Gasteiger partial charge in [-0.3, -0.25) is 0 Å². The second-order valence-corrected chi connectivity index (χ2v) is 12.2. The van der Waals surface area contributed by atoms with E-state index in [1.807, 2.05) is 86.6 Å². The first-order chi connectivity index (χ1) is 17.0. The molecular formula is C27H39B2BrO7. The summed E-state index contributed by atoms with van der Waals surface area (Å²) in [6.45, 7) is 20.8. The normalized spacial score (nSPS) is 20.9. The minimum Gasteiger partial charge on any atom is -0.493 e. The number of rotatable bonds is 5. The first kappa shape index (κ1) is 30.0. The topological polar surface area (TPSA) is 72.5 Å². The summed E-state index contributed by atoms with van der Waals surface area (Å²) in [5.74, 6) is 0.376. The molecule has 2 saturated heterocycles. The lowest BCUT2D eigenvalue weighted by Crippen LogP contribution is -2.41. The first-order valence-electron chi connectivity index (χ1n) is 12.8. The van der Waals surface area contributed by atoms with Crippen molar-refractivity contribution >= 4 is 46.7 Å². The lowest BCUT2D eigenvalue weighted by Gasteiger charge is -2.32. The molecule has 0 amide bonds. The molecule has 0 radical (unpaired) electrons. The van der Waals surface area contributed by atoms with Crippen molar-refractivity contribution in [2.45, 2.75) is 91.6 Å². The molecule has 0 N–H and O–H groups in total. The summed E-state index contributed by atoms with van der Waals surface area (Å²) in [4.78, 5) is 11.8. The summed E-state index contributed by atoms with van der Waals surface area (Å²) in [7, 11) is -0.952. The van der Waals surface area contributed by atoms with Crippen molar-refractivity contribution in [1.82, 2.24) is 0 Å². The van der Waals surface area contributed by atoms with Gasteiger partial charge in [0.25, 0.3) is 0 Å². The van der Waals surface area contributed by atoms with Crippen molar-refractivity contribution < 1.29 is 32.9 Å². The van der Waals surface area contributed by atoms with E-state index in [9.17, 15) is 4.79 Å². The van der Waals surface area contributed by atoms with Crippen LogP contribution in [0.5, 0.6) is 5.75 Å². The van der Waals surface area contributed by atoms with Crippen LogP contribution >= 0.6 is 15.9 Å². The Hall–Kier alpha value is -1.58. The molecule has 2 aromatic rings. The van der Waals surface area contributed by atoms with Gasteiger partial charge in [-0.2, -0.15) is 0 Å². The van der Waals surface area contributed by atoms with Gasteiger partial charge in [0.05, 0.1) is 41.2 Å². The van der Waals surface area contributed by atoms with Crippen LogP contribution in [0.4, 0.5) is 0 Å². The van der Waals surface area contributed by atoms with E-state index in [1.165, 1.54) is 0 Å². The van der Waals surface area contributed by atoms with E-state index in [2.05, 4.69) is 15.9 Å². The fraction of sp³-hybridized carbons (Fsp3) is 0.593. The minimum atomic E-state index is -0.476. The first-order valence-corrected chi connectivity index (χ1v) is 13.6. The quantitative estimate of drug-likeness (QED) is 0.300. The van der Waals surface area contributed by atoms with Gasteiger partial charge in [0.1, 0.15) is 5.75 Å². The Morgan fingerprint density at radius 1 is 0.784 bits per heavy atom. The van der Waals surface area contributed by atoms with E-state index in [1.54, 1.807) is 13.0 Å². The summed E-state index contributed by atoms with van der Waals surface area (Å²) in [5.41, 5.74) is -0.929. The van der Waals surface area contributed by atoms with E-state index in [0.717, 1.165) is 15.2 Å². The highest BCUT2D eigenvalue weighted by Gasteiger charge is 2.63. The van der Waals surface area contributed by atoms with E-state index >= 15 is 0 Å². The van der Waals surface area contributed by atoms with Crippen LogP contribution in [-0.2, 0) is 23.4 Å². The van der Waals surface area contributed by atoms with Crippen molar-refractivity contribution in [3.05, 3.63) is 40.4 Å². The van der Waals surface area contributed by atoms with Crippen LogP contribution < -0.4 is 4.74 Å². The van der Waals surface area contributed by atoms with Crippen molar-refractivity contribution in [2.75, 3.05) is 13.2 Å². The van der Waals surface area contributed by atoms with Crippen LogP contribution in [0.15, 0.2) is 34.8 Å². The van der Waals surface area contributed by atoms with E-state index < -0.39 is 14.0 Å². The standard InChI is InChI=1S/C15H15BrO3.C12H24B2O4/c1-3-18-14-9-11(15(17)19-4-2)7-10-8-12(16)5-6-13(10)14;1-9(2)10(3,4)16-13(15-9)14-17-11(5,6)12(7,8)18-14/h5-9H,3-4H2,1-2H3;1-8H3. The Morgan fingerprint density at radius 2 is 1.27 bits per heavy atom. The molecule has 0 saturated carbocycles. The zero-order valence-corrected chi connectivity index (χ0v) is 25.3. The number of ether oxygens (including phenoxy) is 2. The predicted octanol–water partition coefficient (Wildman–Crippen LogP) is 6.43. The van der Waals surface area contributed by atoms with Crippen molar-refractivity contribution in [3.63, 3.8) is 0 Å². The molecule has 0 spiro atoms. The largest absolute Gasteiger partial charge is 0.493 e. The molecule has 2 aromatic carbocycles. The van der Waals surface area contributed by atoms with Crippen molar-refractivity contribution in [2.24, 2.45) is 0 Å². The van der Waals surface area contributed by atoms with Crippen molar-refractivity contribution in [1.29, 1.82) is 0 Å². The summed E-state index contributed by atoms with van der Waals surface area (Å²) in [5, 5.41) is 1.93. The average molecular weight is 577 g/mol.